The molecule has 1 aliphatic carbocycles. The number of benzene rings is 1. The molecule has 1 fully saturated rings. The lowest BCUT2D eigenvalue weighted by molar-refractivity contribution is 0.259. The number of hydrogen-bond acceptors (Lipinski definition) is 2. The van der Waals surface area contributed by atoms with Gasteiger partial charge in [-0.2, -0.15) is 0 Å². The SMILES string of the molecule is NCC1(c2ccccc2NC(N)=O)CC1. The molecule has 15 heavy (non-hydrogen) atoms. The highest BCUT2D eigenvalue weighted by atomic mass is 16.2. The summed E-state index contributed by atoms with van der Waals surface area (Å²) in [6.45, 7) is 0.616. The minimum absolute atomic E-state index is 0.0685. The summed E-state index contributed by atoms with van der Waals surface area (Å²) in [6, 6.07) is 7.16. The average molecular weight is 205 g/mol. The van der Waals surface area contributed by atoms with Crippen LogP contribution in [-0.4, -0.2) is 12.6 Å². The number of urea groups is 1. The number of amides is 2. The van der Waals surface area contributed by atoms with Crippen molar-refractivity contribution in [3.8, 4) is 0 Å². The van der Waals surface area contributed by atoms with Gasteiger partial charge in [0.1, 0.15) is 0 Å². The molecule has 1 aromatic rings. The van der Waals surface area contributed by atoms with E-state index >= 15 is 0 Å². The third-order valence-corrected chi connectivity index (χ3v) is 3.00. The maximum Gasteiger partial charge on any atom is 0.316 e. The van der Waals surface area contributed by atoms with Gasteiger partial charge in [0.2, 0.25) is 0 Å². The minimum atomic E-state index is -0.532. The summed E-state index contributed by atoms with van der Waals surface area (Å²) in [5.74, 6) is 0. The van der Waals surface area contributed by atoms with Crippen LogP contribution in [0, 0.1) is 0 Å². The molecule has 0 spiro atoms. The first-order valence-electron chi connectivity index (χ1n) is 5.04. The van der Waals surface area contributed by atoms with Gasteiger partial charge in [0.25, 0.3) is 0 Å². The summed E-state index contributed by atoms with van der Waals surface area (Å²) in [5.41, 5.74) is 12.8. The molecular formula is C11H15N3O. The molecule has 2 rings (SSSR count). The second-order valence-electron chi connectivity index (χ2n) is 4.02. The summed E-state index contributed by atoms with van der Waals surface area (Å²) < 4.78 is 0. The molecule has 0 saturated heterocycles. The zero-order chi connectivity index (χ0) is 10.9. The lowest BCUT2D eigenvalue weighted by Crippen LogP contribution is -2.25. The number of anilines is 1. The lowest BCUT2D eigenvalue weighted by Gasteiger charge is -2.17. The first kappa shape index (κ1) is 9.98. The Morgan fingerprint density at radius 3 is 2.60 bits per heavy atom. The van der Waals surface area contributed by atoms with E-state index in [0.717, 1.165) is 24.1 Å². The van der Waals surface area contributed by atoms with Crippen LogP contribution in [0.3, 0.4) is 0 Å². The molecule has 1 saturated carbocycles. The van der Waals surface area contributed by atoms with Gasteiger partial charge in [-0.3, -0.25) is 0 Å². The molecule has 80 valence electrons. The van der Waals surface area contributed by atoms with Crippen LogP contribution in [0.2, 0.25) is 0 Å². The maximum atomic E-state index is 10.8. The van der Waals surface area contributed by atoms with E-state index in [0.29, 0.717) is 6.54 Å². The Hall–Kier alpha value is -1.55. The molecule has 0 unspecified atom stereocenters. The first-order chi connectivity index (χ1) is 7.18. The van der Waals surface area contributed by atoms with E-state index in [2.05, 4.69) is 5.32 Å². The molecule has 1 aliphatic rings. The van der Waals surface area contributed by atoms with Crippen molar-refractivity contribution in [2.75, 3.05) is 11.9 Å². The van der Waals surface area contributed by atoms with Crippen molar-refractivity contribution >= 4 is 11.7 Å². The third kappa shape index (κ3) is 1.80. The Labute approximate surface area is 88.6 Å². The summed E-state index contributed by atoms with van der Waals surface area (Å²) >= 11 is 0. The highest BCUT2D eigenvalue weighted by Crippen LogP contribution is 2.49. The fourth-order valence-corrected chi connectivity index (χ4v) is 1.92. The van der Waals surface area contributed by atoms with E-state index in [-0.39, 0.29) is 5.41 Å². The van der Waals surface area contributed by atoms with Gasteiger partial charge >= 0.3 is 6.03 Å². The van der Waals surface area contributed by atoms with Crippen molar-refractivity contribution < 1.29 is 4.79 Å². The largest absolute Gasteiger partial charge is 0.351 e. The van der Waals surface area contributed by atoms with Crippen LogP contribution in [0.4, 0.5) is 10.5 Å². The van der Waals surface area contributed by atoms with Crippen molar-refractivity contribution in [3.63, 3.8) is 0 Å². The molecule has 4 heteroatoms. The highest BCUT2D eigenvalue weighted by molar-refractivity contribution is 5.89. The second kappa shape index (κ2) is 3.55. The topological polar surface area (TPSA) is 81.1 Å². The predicted octanol–water partition coefficient (Wildman–Crippen LogP) is 1.17. The summed E-state index contributed by atoms with van der Waals surface area (Å²) in [6.07, 6.45) is 2.17. The van der Waals surface area contributed by atoms with Crippen LogP contribution in [-0.2, 0) is 5.41 Å². The van der Waals surface area contributed by atoms with E-state index in [1.807, 2.05) is 24.3 Å². The van der Waals surface area contributed by atoms with Crippen molar-refractivity contribution in [3.05, 3.63) is 29.8 Å². The molecule has 4 nitrogen and oxygen atoms in total. The van der Waals surface area contributed by atoms with Gasteiger partial charge in [0, 0.05) is 17.6 Å². The Morgan fingerprint density at radius 2 is 2.07 bits per heavy atom. The summed E-state index contributed by atoms with van der Waals surface area (Å²) in [7, 11) is 0. The van der Waals surface area contributed by atoms with Crippen molar-refractivity contribution in [1.82, 2.24) is 0 Å². The fourth-order valence-electron chi connectivity index (χ4n) is 1.92. The molecule has 0 bridgehead atoms. The molecule has 0 heterocycles. The van der Waals surface area contributed by atoms with Gasteiger partial charge in [-0.15, -0.1) is 0 Å². The maximum absolute atomic E-state index is 10.8. The standard InChI is InChI=1S/C11H15N3O/c12-7-11(5-6-11)8-3-1-2-4-9(8)14-10(13)15/h1-4H,5-7,12H2,(H3,13,14,15). The monoisotopic (exact) mass is 205 g/mol. The van der Waals surface area contributed by atoms with E-state index in [9.17, 15) is 4.79 Å². The highest BCUT2D eigenvalue weighted by Gasteiger charge is 2.44. The van der Waals surface area contributed by atoms with Crippen LogP contribution in [0.15, 0.2) is 24.3 Å². The number of primary amides is 1. The molecular weight excluding hydrogens is 190 g/mol. The number of nitrogens with two attached hydrogens (primary N) is 2. The number of rotatable bonds is 3. The van der Waals surface area contributed by atoms with Crippen molar-refractivity contribution in [2.24, 2.45) is 11.5 Å². The Morgan fingerprint density at radius 1 is 1.40 bits per heavy atom. The quantitative estimate of drug-likeness (QED) is 0.692. The number of carbonyl (C=O) groups excluding carboxylic acids is 1. The van der Waals surface area contributed by atoms with Crippen LogP contribution in [0.25, 0.3) is 0 Å². The fraction of sp³-hybridized carbons (Fsp3) is 0.364. The van der Waals surface area contributed by atoms with Gasteiger partial charge < -0.3 is 16.8 Å². The number of hydrogen-bond donors (Lipinski definition) is 3. The smallest absolute Gasteiger partial charge is 0.316 e. The van der Waals surface area contributed by atoms with Gasteiger partial charge in [0.05, 0.1) is 0 Å². The molecule has 0 atom stereocenters. The van der Waals surface area contributed by atoms with Crippen LogP contribution in [0.5, 0.6) is 0 Å². The number of nitrogens with one attached hydrogen (secondary N) is 1. The number of para-hydroxylation sites is 1. The van der Waals surface area contributed by atoms with Crippen LogP contribution >= 0.6 is 0 Å². The third-order valence-electron chi connectivity index (χ3n) is 3.00. The molecule has 0 aromatic heterocycles. The van der Waals surface area contributed by atoms with Gasteiger partial charge in [-0.25, -0.2) is 4.79 Å². The van der Waals surface area contributed by atoms with E-state index in [4.69, 9.17) is 11.5 Å². The zero-order valence-corrected chi connectivity index (χ0v) is 8.49. The van der Waals surface area contributed by atoms with Crippen LogP contribution < -0.4 is 16.8 Å². The Kier molecular flexibility index (Phi) is 2.36. The first-order valence-corrected chi connectivity index (χ1v) is 5.04. The zero-order valence-electron chi connectivity index (χ0n) is 8.49. The second-order valence-corrected chi connectivity index (χ2v) is 4.02. The van der Waals surface area contributed by atoms with Crippen LogP contribution in [0.1, 0.15) is 18.4 Å². The summed E-state index contributed by atoms with van der Waals surface area (Å²) in [5, 5.41) is 2.64. The molecule has 0 aliphatic heterocycles. The van der Waals surface area contributed by atoms with E-state index < -0.39 is 6.03 Å². The molecule has 0 radical (unpaired) electrons. The Bertz CT molecular complexity index is 385. The van der Waals surface area contributed by atoms with Crippen molar-refractivity contribution in [1.29, 1.82) is 0 Å². The Balaban J connectivity index is 2.34. The molecule has 2 amide bonds. The van der Waals surface area contributed by atoms with Gasteiger partial charge in [-0.1, -0.05) is 18.2 Å². The van der Waals surface area contributed by atoms with E-state index in [1.165, 1.54) is 0 Å². The number of carbonyl (C=O) groups is 1. The van der Waals surface area contributed by atoms with Gasteiger partial charge in [0.15, 0.2) is 0 Å². The summed E-state index contributed by atoms with van der Waals surface area (Å²) in [4.78, 5) is 10.8. The molecule has 1 aromatic carbocycles. The average Bonchev–Trinajstić information content (AvgIpc) is 2.98. The molecule has 5 N–H and O–H groups in total. The van der Waals surface area contributed by atoms with Crippen molar-refractivity contribution in [2.45, 2.75) is 18.3 Å². The normalized spacial score (nSPS) is 17.1. The minimum Gasteiger partial charge on any atom is -0.351 e. The lowest BCUT2D eigenvalue weighted by atomic mass is 9.94. The van der Waals surface area contributed by atoms with E-state index in [1.54, 1.807) is 0 Å². The predicted molar refractivity (Wildman–Crippen MR) is 59.6 cm³/mol. The van der Waals surface area contributed by atoms with Gasteiger partial charge in [-0.05, 0) is 24.5 Å².